The molecule has 0 atom stereocenters. The van der Waals surface area contributed by atoms with Gasteiger partial charge in [0.15, 0.2) is 11.0 Å². The van der Waals surface area contributed by atoms with E-state index in [-0.39, 0.29) is 0 Å². The van der Waals surface area contributed by atoms with E-state index in [9.17, 15) is 0 Å². The van der Waals surface area contributed by atoms with Gasteiger partial charge in [0, 0.05) is 22.9 Å². The number of ether oxygens (including phenoxy) is 1. The Morgan fingerprint density at radius 2 is 2.00 bits per heavy atom. The molecule has 0 unspecified atom stereocenters. The highest BCUT2D eigenvalue weighted by Crippen LogP contribution is 2.42. The second-order valence-corrected chi connectivity index (χ2v) is 8.51. The molecule has 142 valence electrons. The summed E-state index contributed by atoms with van der Waals surface area (Å²) < 4.78 is 8.38. The van der Waals surface area contributed by atoms with Crippen LogP contribution in [0.2, 0.25) is 5.02 Å². The van der Waals surface area contributed by atoms with Gasteiger partial charge in [-0.05, 0) is 23.8 Å². The van der Waals surface area contributed by atoms with Gasteiger partial charge in [0.05, 0.1) is 17.0 Å². The molecule has 4 nitrogen and oxygen atoms in total. The predicted octanol–water partition coefficient (Wildman–Crippen LogP) is 6.16. The van der Waals surface area contributed by atoms with E-state index in [1.807, 2.05) is 48.0 Å². The second-order valence-electron chi connectivity index (χ2n) is 6.10. The third-order valence-corrected chi connectivity index (χ3v) is 6.92. The number of aromatic nitrogens is 3. The lowest BCUT2D eigenvalue weighted by molar-refractivity contribution is 0.415. The van der Waals surface area contributed by atoms with E-state index in [0.717, 1.165) is 37.4 Å². The fourth-order valence-electron chi connectivity index (χ4n) is 2.83. The molecule has 2 aromatic heterocycles. The lowest BCUT2D eigenvalue weighted by atomic mass is 10.2. The number of methoxy groups -OCH3 is 1. The average Bonchev–Trinajstić information content (AvgIpc) is 3.25. The normalized spacial score (nSPS) is 11.5. The summed E-state index contributed by atoms with van der Waals surface area (Å²) in [6, 6.07) is 16.1. The van der Waals surface area contributed by atoms with Crippen LogP contribution in [0.15, 0.2) is 59.8 Å². The maximum Gasteiger partial charge on any atom is 0.191 e. The van der Waals surface area contributed by atoms with Crippen LogP contribution >= 0.6 is 34.7 Å². The molecule has 28 heavy (non-hydrogen) atoms. The first-order valence-corrected chi connectivity index (χ1v) is 10.9. The molecule has 2 heterocycles. The lowest BCUT2D eigenvalue weighted by Crippen LogP contribution is -1.94. The number of thiophene rings is 1. The van der Waals surface area contributed by atoms with Crippen LogP contribution < -0.4 is 4.74 Å². The van der Waals surface area contributed by atoms with Crippen LogP contribution in [0, 0.1) is 0 Å². The van der Waals surface area contributed by atoms with Crippen molar-refractivity contribution in [2.45, 2.75) is 5.16 Å². The molecule has 2 aromatic carbocycles. The first-order valence-electron chi connectivity index (χ1n) is 8.67. The van der Waals surface area contributed by atoms with Crippen LogP contribution in [-0.2, 0) is 7.05 Å². The standard InChI is InChI=1S/C21H18ClN3OS2/c1-25-20(19-18(22)16-11-10-15(26-2)13-17(16)28-19)23-24-21(25)27-12-6-9-14-7-4-3-5-8-14/h3-11,13H,12H2,1-2H3/b9-6+. The van der Waals surface area contributed by atoms with Gasteiger partial charge in [-0.25, -0.2) is 0 Å². The fourth-order valence-corrected chi connectivity index (χ4v) is 5.11. The van der Waals surface area contributed by atoms with Gasteiger partial charge in [-0.3, -0.25) is 0 Å². The van der Waals surface area contributed by atoms with Crippen LogP contribution in [0.25, 0.3) is 26.9 Å². The van der Waals surface area contributed by atoms with Crippen LogP contribution in [0.4, 0.5) is 0 Å². The zero-order chi connectivity index (χ0) is 19.5. The van der Waals surface area contributed by atoms with Crippen molar-refractivity contribution in [1.82, 2.24) is 14.8 Å². The van der Waals surface area contributed by atoms with Gasteiger partial charge < -0.3 is 9.30 Å². The highest BCUT2D eigenvalue weighted by molar-refractivity contribution is 7.99. The van der Waals surface area contributed by atoms with Crippen LogP contribution in [0.3, 0.4) is 0 Å². The number of benzene rings is 2. The third-order valence-electron chi connectivity index (χ3n) is 4.29. The molecule has 0 N–H and O–H groups in total. The predicted molar refractivity (Wildman–Crippen MR) is 120 cm³/mol. The number of hydrogen-bond donors (Lipinski definition) is 0. The summed E-state index contributed by atoms with van der Waals surface area (Å²) >= 11 is 9.88. The average molecular weight is 428 g/mol. The summed E-state index contributed by atoms with van der Waals surface area (Å²) in [7, 11) is 3.63. The number of nitrogens with zero attached hydrogens (tertiary/aromatic N) is 3. The maximum absolute atomic E-state index is 6.63. The minimum absolute atomic E-state index is 0.707. The maximum atomic E-state index is 6.63. The van der Waals surface area contributed by atoms with Gasteiger partial charge >= 0.3 is 0 Å². The van der Waals surface area contributed by atoms with E-state index in [1.165, 1.54) is 5.56 Å². The van der Waals surface area contributed by atoms with Crippen LogP contribution in [0.5, 0.6) is 5.75 Å². The number of halogens is 1. The van der Waals surface area contributed by atoms with Crippen LogP contribution in [0.1, 0.15) is 5.56 Å². The molecule has 0 aliphatic rings. The second kappa shape index (κ2) is 8.39. The Balaban J connectivity index is 1.54. The highest BCUT2D eigenvalue weighted by atomic mass is 35.5. The molecule has 7 heteroatoms. The monoisotopic (exact) mass is 427 g/mol. The van der Waals surface area contributed by atoms with Crippen molar-refractivity contribution in [1.29, 1.82) is 0 Å². The molecule has 4 rings (SSSR count). The molecule has 0 radical (unpaired) electrons. The Hall–Kier alpha value is -2.28. The molecular weight excluding hydrogens is 410 g/mol. The summed E-state index contributed by atoms with van der Waals surface area (Å²) in [6.45, 7) is 0. The summed E-state index contributed by atoms with van der Waals surface area (Å²) in [5.74, 6) is 2.41. The minimum Gasteiger partial charge on any atom is -0.497 e. The van der Waals surface area contributed by atoms with Crippen molar-refractivity contribution in [3.05, 3.63) is 65.2 Å². The molecule has 0 aliphatic heterocycles. The molecule has 0 bridgehead atoms. The highest BCUT2D eigenvalue weighted by Gasteiger charge is 2.19. The molecule has 0 saturated heterocycles. The summed E-state index contributed by atoms with van der Waals surface area (Å²) in [5, 5.41) is 11.3. The van der Waals surface area contributed by atoms with Gasteiger partial charge in [-0.15, -0.1) is 21.5 Å². The van der Waals surface area contributed by atoms with Crippen molar-refractivity contribution in [3.63, 3.8) is 0 Å². The van der Waals surface area contributed by atoms with Crippen molar-refractivity contribution in [3.8, 4) is 16.5 Å². The lowest BCUT2D eigenvalue weighted by Gasteiger charge is -2.01. The van der Waals surface area contributed by atoms with E-state index in [0.29, 0.717) is 5.02 Å². The minimum atomic E-state index is 0.707. The number of thioether (sulfide) groups is 1. The smallest absolute Gasteiger partial charge is 0.191 e. The Bertz CT molecular complexity index is 1140. The van der Waals surface area contributed by atoms with E-state index in [4.69, 9.17) is 16.3 Å². The van der Waals surface area contributed by atoms with Gasteiger partial charge in [0.1, 0.15) is 5.75 Å². The summed E-state index contributed by atoms with van der Waals surface area (Å²) in [5.41, 5.74) is 1.19. The molecular formula is C21H18ClN3OS2. The summed E-state index contributed by atoms with van der Waals surface area (Å²) in [6.07, 6.45) is 4.24. The van der Waals surface area contributed by atoms with E-state index in [1.54, 1.807) is 30.2 Å². The van der Waals surface area contributed by atoms with Crippen LogP contribution in [-0.4, -0.2) is 27.6 Å². The molecule has 0 saturated carbocycles. The Morgan fingerprint density at radius 3 is 2.79 bits per heavy atom. The quantitative estimate of drug-likeness (QED) is 0.345. The molecule has 4 aromatic rings. The van der Waals surface area contributed by atoms with E-state index in [2.05, 4.69) is 34.5 Å². The van der Waals surface area contributed by atoms with Gasteiger partial charge in [-0.1, -0.05) is 65.8 Å². The molecule has 0 amide bonds. The first-order chi connectivity index (χ1) is 13.7. The zero-order valence-electron chi connectivity index (χ0n) is 15.4. The zero-order valence-corrected chi connectivity index (χ0v) is 17.8. The largest absolute Gasteiger partial charge is 0.497 e. The Labute approximate surface area is 176 Å². The van der Waals surface area contributed by atoms with Crippen molar-refractivity contribution in [2.24, 2.45) is 7.05 Å². The van der Waals surface area contributed by atoms with Crippen molar-refractivity contribution < 1.29 is 4.74 Å². The van der Waals surface area contributed by atoms with Gasteiger partial charge in [0.2, 0.25) is 0 Å². The van der Waals surface area contributed by atoms with Gasteiger partial charge in [0.25, 0.3) is 0 Å². The topological polar surface area (TPSA) is 39.9 Å². The fraction of sp³-hybridized carbons (Fsp3) is 0.143. The van der Waals surface area contributed by atoms with Crippen molar-refractivity contribution in [2.75, 3.05) is 12.9 Å². The number of hydrogen-bond acceptors (Lipinski definition) is 5. The first kappa shape index (κ1) is 19.1. The number of fused-ring (bicyclic) bond motifs is 1. The van der Waals surface area contributed by atoms with E-state index >= 15 is 0 Å². The summed E-state index contributed by atoms with van der Waals surface area (Å²) in [4.78, 5) is 0.923. The molecule has 0 spiro atoms. The van der Waals surface area contributed by atoms with Gasteiger partial charge in [-0.2, -0.15) is 0 Å². The number of rotatable bonds is 6. The molecule has 0 aliphatic carbocycles. The Morgan fingerprint density at radius 1 is 1.18 bits per heavy atom. The van der Waals surface area contributed by atoms with E-state index < -0.39 is 0 Å². The Kier molecular flexibility index (Phi) is 5.71. The SMILES string of the molecule is COc1ccc2c(Cl)c(-c3nnc(SC/C=C/c4ccccc4)n3C)sc2c1. The molecule has 0 fully saturated rings. The third kappa shape index (κ3) is 3.81. The van der Waals surface area contributed by atoms with Crippen molar-refractivity contribution >= 4 is 50.9 Å².